The van der Waals surface area contributed by atoms with Crippen molar-refractivity contribution >= 4 is 17.7 Å². The zero-order chi connectivity index (χ0) is 18.3. The number of rotatable bonds is 5. The maximum atomic E-state index is 11.8. The highest BCUT2D eigenvalue weighted by Gasteiger charge is 2.15. The van der Waals surface area contributed by atoms with E-state index in [1.165, 1.54) is 0 Å². The van der Waals surface area contributed by atoms with Gasteiger partial charge in [-0.25, -0.2) is 4.79 Å². The van der Waals surface area contributed by atoms with Crippen molar-refractivity contribution in [2.45, 2.75) is 26.3 Å². The smallest absolute Gasteiger partial charge is 0.408 e. The molecule has 7 heteroatoms. The fourth-order valence-corrected chi connectivity index (χ4v) is 1.82. The van der Waals surface area contributed by atoms with Crippen LogP contribution in [0.25, 0.3) is 0 Å². The van der Waals surface area contributed by atoms with Gasteiger partial charge in [-0.05, 0) is 57.2 Å². The topological polar surface area (TPSA) is 89.5 Å². The van der Waals surface area contributed by atoms with Gasteiger partial charge in [-0.1, -0.05) is 0 Å². The van der Waals surface area contributed by atoms with Crippen molar-refractivity contribution in [2.24, 2.45) is 0 Å². The summed E-state index contributed by atoms with van der Waals surface area (Å²) in [6.07, 6.45) is 2.63. The highest BCUT2D eigenvalue weighted by Crippen LogP contribution is 2.21. The minimum Gasteiger partial charge on any atom is -0.456 e. The molecule has 0 unspecified atom stereocenters. The molecule has 0 aliphatic rings. The summed E-state index contributed by atoms with van der Waals surface area (Å²) in [5.41, 5.74) is 0.154. The Hall–Kier alpha value is -3.09. The lowest BCUT2D eigenvalue weighted by Gasteiger charge is -2.19. The van der Waals surface area contributed by atoms with Crippen LogP contribution in [0.2, 0.25) is 0 Å². The van der Waals surface area contributed by atoms with Gasteiger partial charge in [-0.15, -0.1) is 0 Å². The number of hydrogen-bond donors (Lipinski definition) is 2. The quantitative estimate of drug-likeness (QED) is 0.869. The Bertz CT molecular complexity index is 709. The maximum absolute atomic E-state index is 11.8. The summed E-state index contributed by atoms with van der Waals surface area (Å²) in [5, 5.41) is 5.25. The number of amides is 2. The van der Waals surface area contributed by atoms with E-state index in [9.17, 15) is 9.59 Å². The molecule has 7 nitrogen and oxygen atoms in total. The van der Waals surface area contributed by atoms with Gasteiger partial charge in [0.25, 0.3) is 5.91 Å². The molecule has 0 saturated carbocycles. The van der Waals surface area contributed by atoms with Crippen LogP contribution >= 0.6 is 0 Å². The summed E-state index contributed by atoms with van der Waals surface area (Å²) in [4.78, 5) is 27.3. The molecule has 2 N–H and O–H groups in total. The molecule has 1 heterocycles. The normalized spacial score (nSPS) is 10.7. The lowest BCUT2D eigenvalue weighted by Crippen LogP contribution is -2.41. The van der Waals surface area contributed by atoms with E-state index in [1.54, 1.807) is 48.8 Å². The van der Waals surface area contributed by atoms with Crippen LogP contribution in [0.4, 0.5) is 10.5 Å². The summed E-state index contributed by atoms with van der Waals surface area (Å²) in [6.45, 7) is 5.10. The number of carbonyl (C=O) groups is 2. The molecule has 25 heavy (non-hydrogen) atoms. The Kier molecular flexibility index (Phi) is 5.94. The van der Waals surface area contributed by atoms with Crippen molar-refractivity contribution in [3.63, 3.8) is 0 Å². The number of ether oxygens (including phenoxy) is 2. The molecule has 2 rings (SSSR count). The molecule has 0 aliphatic heterocycles. The number of hydrogen-bond acceptors (Lipinski definition) is 5. The van der Waals surface area contributed by atoms with Crippen LogP contribution in [0.15, 0.2) is 48.8 Å². The standard InChI is InChI=1S/C18H21N3O4/c1-18(2,3)21-17(23)24-12-16(22)20-13-6-8-14(9-7-13)25-15-5-4-10-19-11-15/h4-11H,12H2,1-3H3,(H,20,22)(H,21,23). The van der Waals surface area contributed by atoms with Crippen LogP contribution in [-0.4, -0.2) is 29.1 Å². The first-order valence-corrected chi connectivity index (χ1v) is 7.74. The fourth-order valence-electron chi connectivity index (χ4n) is 1.82. The van der Waals surface area contributed by atoms with Gasteiger partial charge in [-0.3, -0.25) is 9.78 Å². The second-order valence-electron chi connectivity index (χ2n) is 6.31. The van der Waals surface area contributed by atoms with Crippen molar-refractivity contribution < 1.29 is 19.1 Å². The molecule has 0 radical (unpaired) electrons. The molecule has 2 aromatic rings. The van der Waals surface area contributed by atoms with Gasteiger partial charge in [-0.2, -0.15) is 0 Å². The largest absolute Gasteiger partial charge is 0.456 e. The molecular formula is C18H21N3O4. The molecule has 0 saturated heterocycles. The molecule has 132 valence electrons. The van der Waals surface area contributed by atoms with E-state index in [4.69, 9.17) is 9.47 Å². The molecule has 1 aromatic heterocycles. The average Bonchev–Trinajstić information content (AvgIpc) is 2.54. The van der Waals surface area contributed by atoms with Gasteiger partial charge in [0, 0.05) is 17.4 Å². The third-order valence-corrected chi connectivity index (χ3v) is 2.82. The summed E-state index contributed by atoms with van der Waals surface area (Å²) in [5.74, 6) is 0.814. The molecule has 0 atom stereocenters. The Morgan fingerprint density at radius 2 is 1.80 bits per heavy atom. The van der Waals surface area contributed by atoms with E-state index in [0.717, 1.165) is 0 Å². The van der Waals surface area contributed by atoms with Crippen LogP contribution in [0.1, 0.15) is 20.8 Å². The van der Waals surface area contributed by atoms with Crippen molar-refractivity contribution in [1.29, 1.82) is 0 Å². The van der Waals surface area contributed by atoms with Crippen LogP contribution in [0.5, 0.6) is 11.5 Å². The van der Waals surface area contributed by atoms with E-state index < -0.39 is 17.5 Å². The van der Waals surface area contributed by atoms with Crippen molar-refractivity contribution in [3.8, 4) is 11.5 Å². The van der Waals surface area contributed by atoms with Crippen molar-refractivity contribution in [2.75, 3.05) is 11.9 Å². The Morgan fingerprint density at radius 3 is 2.40 bits per heavy atom. The molecule has 0 spiro atoms. The molecule has 2 amide bonds. The monoisotopic (exact) mass is 343 g/mol. The highest BCUT2D eigenvalue weighted by molar-refractivity contribution is 5.92. The second-order valence-corrected chi connectivity index (χ2v) is 6.31. The predicted octanol–water partition coefficient (Wildman–Crippen LogP) is 3.34. The minimum absolute atomic E-state index is 0.365. The van der Waals surface area contributed by atoms with Gasteiger partial charge in [0.2, 0.25) is 0 Å². The summed E-state index contributed by atoms with van der Waals surface area (Å²) < 4.78 is 10.5. The van der Waals surface area contributed by atoms with E-state index in [2.05, 4.69) is 15.6 Å². The van der Waals surface area contributed by atoms with E-state index >= 15 is 0 Å². The van der Waals surface area contributed by atoms with Crippen LogP contribution in [0, 0.1) is 0 Å². The molecule has 0 aliphatic carbocycles. The first kappa shape index (κ1) is 18.3. The summed E-state index contributed by atoms with van der Waals surface area (Å²) in [6, 6.07) is 10.4. The Balaban J connectivity index is 1.80. The lowest BCUT2D eigenvalue weighted by molar-refractivity contribution is -0.119. The van der Waals surface area contributed by atoms with Crippen molar-refractivity contribution in [3.05, 3.63) is 48.8 Å². The third-order valence-electron chi connectivity index (χ3n) is 2.82. The SMILES string of the molecule is CC(C)(C)NC(=O)OCC(=O)Nc1ccc(Oc2cccnc2)cc1. The van der Waals surface area contributed by atoms with Gasteiger partial charge in [0.1, 0.15) is 11.5 Å². The molecule has 0 fully saturated rings. The zero-order valence-electron chi connectivity index (χ0n) is 14.4. The lowest BCUT2D eigenvalue weighted by atomic mass is 10.1. The first-order valence-electron chi connectivity index (χ1n) is 7.74. The number of benzene rings is 1. The number of alkyl carbamates (subject to hydrolysis) is 1. The minimum atomic E-state index is -0.636. The maximum Gasteiger partial charge on any atom is 0.408 e. The fraction of sp³-hybridized carbons (Fsp3) is 0.278. The zero-order valence-corrected chi connectivity index (χ0v) is 14.4. The highest BCUT2D eigenvalue weighted by atomic mass is 16.6. The van der Waals surface area contributed by atoms with Crippen LogP contribution in [-0.2, 0) is 9.53 Å². The number of pyridine rings is 1. The third kappa shape index (κ3) is 6.90. The van der Waals surface area contributed by atoms with Crippen LogP contribution < -0.4 is 15.4 Å². The van der Waals surface area contributed by atoms with Gasteiger partial charge >= 0.3 is 6.09 Å². The first-order chi connectivity index (χ1) is 11.8. The summed E-state index contributed by atoms with van der Waals surface area (Å²) >= 11 is 0. The molecule has 0 bridgehead atoms. The van der Waals surface area contributed by atoms with Crippen molar-refractivity contribution in [1.82, 2.24) is 10.3 Å². The average molecular weight is 343 g/mol. The Labute approximate surface area is 146 Å². The van der Waals surface area contributed by atoms with E-state index in [-0.39, 0.29) is 6.61 Å². The number of carbonyl (C=O) groups excluding carboxylic acids is 2. The number of nitrogens with zero attached hydrogens (tertiary/aromatic N) is 1. The summed E-state index contributed by atoms with van der Waals surface area (Å²) in [7, 11) is 0. The van der Waals surface area contributed by atoms with Gasteiger partial charge < -0.3 is 20.1 Å². The Morgan fingerprint density at radius 1 is 1.08 bits per heavy atom. The number of anilines is 1. The number of aromatic nitrogens is 1. The van der Waals surface area contributed by atoms with E-state index in [0.29, 0.717) is 17.2 Å². The second kappa shape index (κ2) is 8.14. The van der Waals surface area contributed by atoms with E-state index in [1.807, 2.05) is 20.8 Å². The molecule has 1 aromatic carbocycles. The predicted molar refractivity (Wildman–Crippen MR) is 93.6 cm³/mol. The van der Waals surface area contributed by atoms with Crippen LogP contribution in [0.3, 0.4) is 0 Å². The number of nitrogens with one attached hydrogen (secondary N) is 2. The van der Waals surface area contributed by atoms with Gasteiger partial charge in [0.15, 0.2) is 6.61 Å². The molecular weight excluding hydrogens is 322 g/mol. The van der Waals surface area contributed by atoms with Gasteiger partial charge in [0.05, 0.1) is 6.20 Å².